The summed E-state index contributed by atoms with van der Waals surface area (Å²) in [6.45, 7) is 7.92. The molecular formula is C20H30N4O4S. The molecule has 29 heavy (non-hydrogen) atoms. The number of anilines is 1. The van der Waals surface area contributed by atoms with E-state index in [1.54, 1.807) is 29.9 Å². The third-order valence-electron chi connectivity index (χ3n) is 4.41. The fraction of sp³-hybridized carbons (Fsp3) is 0.500. The number of rotatable bonds is 8. The number of hydrogen-bond donors (Lipinski definition) is 1. The highest BCUT2D eigenvalue weighted by Crippen LogP contribution is 2.24. The van der Waals surface area contributed by atoms with Gasteiger partial charge in [0, 0.05) is 25.1 Å². The zero-order chi connectivity index (χ0) is 21.8. The molecule has 0 unspecified atom stereocenters. The number of carbonyl (C=O) groups is 1. The number of carbonyl (C=O) groups excluding carboxylic acids is 1. The van der Waals surface area contributed by atoms with Crippen LogP contribution in [-0.4, -0.2) is 48.6 Å². The van der Waals surface area contributed by atoms with Crippen LogP contribution in [-0.2, 0) is 27.3 Å². The first-order chi connectivity index (χ1) is 13.5. The van der Waals surface area contributed by atoms with Gasteiger partial charge < -0.3 is 10.1 Å². The Hall–Kier alpha value is -2.39. The zero-order valence-electron chi connectivity index (χ0n) is 17.9. The number of sulfonamides is 1. The smallest absolute Gasteiger partial charge is 0.243 e. The Bertz CT molecular complexity index is 944. The second kappa shape index (κ2) is 8.96. The van der Waals surface area contributed by atoms with Crippen molar-refractivity contribution in [3.8, 4) is 5.75 Å². The van der Waals surface area contributed by atoms with Crippen LogP contribution in [0.25, 0.3) is 0 Å². The number of ether oxygens (including phenoxy) is 1. The number of methoxy groups -OCH3 is 1. The molecule has 0 aliphatic rings. The summed E-state index contributed by atoms with van der Waals surface area (Å²) >= 11 is 0. The summed E-state index contributed by atoms with van der Waals surface area (Å²) in [6, 6.07) is 7.93. The summed E-state index contributed by atoms with van der Waals surface area (Å²) in [4.78, 5) is 12.7. The number of nitrogens with zero attached hydrogens (tertiary/aromatic N) is 3. The molecule has 0 bridgehead atoms. The van der Waals surface area contributed by atoms with Gasteiger partial charge in [-0.15, -0.1) is 0 Å². The molecule has 9 heteroatoms. The largest absolute Gasteiger partial charge is 0.497 e. The number of benzene rings is 1. The van der Waals surface area contributed by atoms with E-state index >= 15 is 0 Å². The van der Waals surface area contributed by atoms with Gasteiger partial charge in [-0.25, -0.2) is 8.42 Å². The molecule has 1 aromatic carbocycles. The molecule has 160 valence electrons. The third kappa shape index (κ3) is 5.57. The van der Waals surface area contributed by atoms with Crippen molar-refractivity contribution in [2.24, 2.45) is 7.05 Å². The SMILES string of the molecule is CCCN(CC(=O)Nc1cc(C(C)(C)C)nn1C)S(=O)(=O)c1ccc(OC)cc1. The number of aromatic nitrogens is 2. The first-order valence-electron chi connectivity index (χ1n) is 9.47. The Morgan fingerprint density at radius 1 is 1.24 bits per heavy atom. The molecule has 0 fully saturated rings. The van der Waals surface area contributed by atoms with Crippen molar-refractivity contribution in [3.05, 3.63) is 36.0 Å². The van der Waals surface area contributed by atoms with Crippen LogP contribution in [0.5, 0.6) is 5.75 Å². The summed E-state index contributed by atoms with van der Waals surface area (Å²) in [5.74, 6) is 0.673. The predicted octanol–water partition coefficient (Wildman–Crippen LogP) is 2.77. The Labute approximate surface area is 172 Å². The summed E-state index contributed by atoms with van der Waals surface area (Å²) in [5.41, 5.74) is 0.679. The molecule has 2 aromatic rings. The quantitative estimate of drug-likeness (QED) is 0.706. The maximum absolute atomic E-state index is 13.0. The second-order valence-corrected chi connectivity index (χ2v) is 9.79. The zero-order valence-corrected chi connectivity index (χ0v) is 18.7. The van der Waals surface area contributed by atoms with E-state index in [4.69, 9.17) is 4.74 Å². The van der Waals surface area contributed by atoms with E-state index in [1.165, 1.54) is 23.5 Å². The molecule has 2 rings (SSSR count). The van der Waals surface area contributed by atoms with Crippen molar-refractivity contribution in [3.63, 3.8) is 0 Å². The van der Waals surface area contributed by atoms with Gasteiger partial charge in [0.15, 0.2) is 0 Å². The fourth-order valence-electron chi connectivity index (χ4n) is 2.72. The average Bonchev–Trinajstić information content (AvgIpc) is 3.02. The van der Waals surface area contributed by atoms with Gasteiger partial charge >= 0.3 is 0 Å². The number of hydrogen-bond acceptors (Lipinski definition) is 5. The molecule has 0 radical (unpaired) electrons. The third-order valence-corrected chi connectivity index (χ3v) is 6.27. The molecule has 0 atom stereocenters. The number of amides is 1. The van der Waals surface area contributed by atoms with Crippen molar-refractivity contribution >= 4 is 21.7 Å². The lowest BCUT2D eigenvalue weighted by molar-refractivity contribution is -0.116. The Morgan fingerprint density at radius 3 is 2.34 bits per heavy atom. The fourth-order valence-corrected chi connectivity index (χ4v) is 4.21. The first kappa shape index (κ1) is 22.9. The minimum absolute atomic E-state index is 0.120. The van der Waals surface area contributed by atoms with Crippen molar-refractivity contribution in [2.75, 3.05) is 25.5 Å². The van der Waals surface area contributed by atoms with Gasteiger partial charge in [0.2, 0.25) is 15.9 Å². The van der Waals surface area contributed by atoms with Gasteiger partial charge in [-0.1, -0.05) is 27.7 Å². The van der Waals surface area contributed by atoms with Gasteiger partial charge in [0.1, 0.15) is 11.6 Å². The second-order valence-electron chi connectivity index (χ2n) is 7.85. The van der Waals surface area contributed by atoms with E-state index in [1.807, 2.05) is 27.7 Å². The highest BCUT2D eigenvalue weighted by Gasteiger charge is 2.27. The minimum Gasteiger partial charge on any atom is -0.497 e. The van der Waals surface area contributed by atoms with Crippen LogP contribution < -0.4 is 10.1 Å². The van der Waals surface area contributed by atoms with Crippen LogP contribution in [0.3, 0.4) is 0 Å². The van der Waals surface area contributed by atoms with Gasteiger partial charge in [0.25, 0.3) is 0 Å². The highest BCUT2D eigenvalue weighted by molar-refractivity contribution is 7.89. The molecule has 0 aliphatic heterocycles. The van der Waals surface area contributed by atoms with Crippen molar-refractivity contribution < 1.29 is 17.9 Å². The van der Waals surface area contributed by atoms with Crippen LogP contribution in [0.1, 0.15) is 39.8 Å². The molecular weight excluding hydrogens is 392 g/mol. The molecule has 1 aromatic heterocycles. The highest BCUT2D eigenvalue weighted by atomic mass is 32.2. The Balaban J connectivity index is 2.19. The van der Waals surface area contributed by atoms with Crippen LogP contribution in [0.15, 0.2) is 35.2 Å². The molecule has 0 saturated heterocycles. The predicted molar refractivity (Wildman–Crippen MR) is 113 cm³/mol. The van der Waals surface area contributed by atoms with E-state index < -0.39 is 15.9 Å². The van der Waals surface area contributed by atoms with Gasteiger partial charge in [-0.05, 0) is 30.7 Å². The summed E-state index contributed by atoms with van der Waals surface area (Å²) < 4.78 is 33.8. The lowest BCUT2D eigenvalue weighted by Gasteiger charge is -2.21. The Kier molecular flexibility index (Phi) is 7.07. The van der Waals surface area contributed by atoms with Crippen LogP contribution >= 0.6 is 0 Å². The molecule has 0 saturated carbocycles. The topological polar surface area (TPSA) is 93.5 Å². The standard InChI is InChI=1S/C20H30N4O4S/c1-7-12-24(29(26,27)16-10-8-15(28-6)9-11-16)14-19(25)21-18-13-17(20(2,3)4)22-23(18)5/h8-11,13H,7,12,14H2,1-6H3,(H,21,25). The van der Waals surface area contributed by atoms with Crippen LogP contribution in [0.4, 0.5) is 5.82 Å². The Morgan fingerprint density at radius 2 is 1.86 bits per heavy atom. The maximum atomic E-state index is 13.0. The van der Waals surface area contributed by atoms with E-state index in [0.29, 0.717) is 18.0 Å². The number of nitrogens with one attached hydrogen (secondary N) is 1. The van der Waals surface area contributed by atoms with Crippen LogP contribution in [0.2, 0.25) is 0 Å². The number of aryl methyl sites for hydroxylation is 1. The molecule has 0 spiro atoms. The van der Waals surface area contributed by atoms with Crippen molar-refractivity contribution in [2.45, 2.75) is 44.4 Å². The molecule has 8 nitrogen and oxygen atoms in total. The van der Waals surface area contributed by atoms with Crippen molar-refractivity contribution in [1.82, 2.24) is 14.1 Å². The van der Waals surface area contributed by atoms with Crippen LogP contribution in [0, 0.1) is 0 Å². The first-order valence-corrected chi connectivity index (χ1v) is 10.9. The average molecular weight is 423 g/mol. The van der Waals surface area contributed by atoms with Gasteiger partial charge in [0.05, 0.1) is 24.2 Å². The summed E-state index contributed by atoms with van der Waals surface area (Å²) in [5, 5.41) is 7.19. The maximum Gasteiger partial charge on any atom is 0.243 e. The normalized spacial score (nSPS) is 12.2. The molecule has 1 N–H and O–H groups in total. The van der Waals surface area contributed by atoms with Gasteiger partial charge in [-0.2, -0.15) is 9.40 Å². The summed E-state index contributed by atoms with van der Waals surface area (Å²) in [6.07, 6.45) is 0.586. The van der Waals surface area contributed by atoms with E-state index in [0.717, 1.165) is 5.69 Å². The molecule has 1 amide bonds. The van der Waals surface area contributed by atoms with Crippen molar-refractivity contribution in [1.29, 1.82) is 0 Å². The van der Waals surface area contributed by atoms with E-state index in [-0.39, 0.29) is 23.4 Å². The minimum atomic E-state index is -3.81. The van der Waals surface area contributed by atoms with E-state index in [2.05, 4.69) is 10.4 Å². The molecule has 1 heterocycles. The van der Waals surface area contributed by atoms with E-state index in [9.17, 15) is 13.2 Å². The summed E-state index contributed by atoms with van der Waals surface area (Å²) in [7, 11) is -0.556. The van der Waals surface area contributed by atoms with Gasteiger partial charge in [-0.3, -0.25) is 9.48 Å². The lowest BCUT2D eigenvalue weighted by atomic mass is 9.92. The monoisotopic (exact) mass is 422 g/mol. The lowest BCUT2D eigenvalue weighted by Crippen LogP contribution is -2.38. The molecule has 0 aliphatic carbocycles.